The number of amides is 2. The maximum Gasteiger partial charge on any atom is 0.314 e. The number of benzene rings is 2. The molecule has 4 N–H and O–H groups in total. The van der Waals surface area contributed by atoms with Crippen LogP contribution in [-0.2, 0) is 22.7 Å². The Morgan fingerprint density at radius 3 is 2.62 bits per heavy atom. The molecule has 0 unspecified atom stereocenters. The van der Waals surface area contributed by atoms with Crippen LogP contribution in [0.2, 0.25) is 0 Å². The fourth-order valence-electron chi connectivity index (χ4n) is 3.89. The van der Waals surface area contributed by atoms with Crippen LogP contribution in [0.1, 0.15) is 11.3 Å². The first kappa shape index (κ1) is 21.1. The van der Waals surface area contributed by atoms with Crippen molar-refractivity contribution in [1.29, 1.82) is 0 Å². The van der Waals surface area contributed by atoms with Gasteiger partial charge < -0.3 is 16.0 Å². The number of nitrogen functional groups attached to an aromatic ring is 1. The number of hydrogen-bond acceptors (Lipinski definition) is 6. The molecule has 0 saturated heterocycles. The van der Waals surface area contributed by atoms with E-state index in [9.17, 15) is 9.59 Å². The van der Waals surface area contributed by atoms with Crippen molar-refractivity contribution in [2.45, 2.75) is 13.1 Å². The minimum absolute atomic E-state index is 0.175. The Morgan fingerprint density at radius 1 is 0.941 bits per heavy atom. The Morgan fingerprint density at radius 2 is 1.76 bits per heavy atom. The number of pyridine rings is 2. The Kier molecular flexibility index (Phi) is 5.57. The molecule has 2 amide bonds. The van der Waals surface area contributed by atoms with Crippen LogP contribution < -0.4 is 11.1 Å². The second-order valence-electron chi connectivity index (χ2n) is 7.78. The Hall–Kier alpha value is -4.79. The van der Waals surface area contributed by atoms with Crippen LogP contribution >= 0.6 is 0 Å². The van der Waals surface area contributed by atoms with Crippen LogP contribution in [-0.4, -0.2) is 36.9 Å². The summed E-state index contributed by atoms with van der Waals surface area (Å²) in [6.07, 6.45) is 4.63. The monoisotopic (exact) mass is 451 g/mol. The summed E-state index contributed by atoms with van der Waals surface area (Å²) >= 11 is 0. The van der Waals surface area contributed by atoms with Gasteiger partial charge in [-0.05, 0) is 28.5 Å². The summed E-state index contributed by atoms with van der Waals surface area (Å²) in [6, 6.07) is 19.3. The van der Waals surface area contributed by atoms with Gasteiger partial charge in [-0.2, -0.15) is 5.10 Å². The van der Waals surface area contributed by atoms with Crippen molar-refractivity contribution in [2.24, 2.45) is 0 Å². The third kappa shape index (κ3) is 4.14. The van der Waals surface area contributed by atoms with Gasteiger partial charge in [0.25, 0.3) is 0 Å². The first-order valence-corrected chi connectivity index (χ1v) is 10.6. The lowest BCUT2D eigenvalue weighted by Gasteiger charge is -2.23. The Balaban J connectivity index is 1.45. The minimum atomic E-state index is -0.799. The summed E-state index contributed by atoms with van der Waals surface area (Å²) < 4.78 is 0. The van der Waals surface area contributed by atoms with E-state index < -0.39 is 11.8 Å². The summed E-state index contributed by atoms with van der Waals surface area (Å²) in [5.74, 6) is -1.22. The highest BCUT2D eigenvalue weighted by molar-refractivity contribution is 6.40. The third-order valence-corrected chi connectivity index (χ3v) is 5.55. The molecule has 9 nitrogen and oxygen atoms in total. The SMILES string of the molecule is Nc1ncc(NC(=O)C(=O)N(Cc2ccccn2)Cc2cccc3ccccc23)c2n[nH]cc12. The molecule has 0 saturated carbocycles. The molecule has 2 aromatic carbocycles. The number of hydrogen-bond donors (Lipinski definition) is 3. The molecule has 0 atom stereocenters. The molecule has 3 aromatic heterocycles. The second-order valence-corrected chi connectivity index (χ2v) is 7.78. The largest absolute Gasteiger partial charge is 0.383 e. The van der Waals surface area contributed by atoms with Crippen LogP contribution in [0.4, 0.5) is 11.5 Å². The number of rotatable bonds is 5. The van der Waals surface area contributed by atoms with Crippen LogP contribution in [0, 0.1) is 0 Å². The molecular weight excluding hydrogens is 430 g/mol. The number of anilines is 2. The lowest BCUT2D eigenvalue weighted by molar-refractivity contribution is -0.144. The average Bonchev–Trinajstić information content (AvgIpc) is 3.37. The van der Waals surface area contributed by atoms with Gasteiger partial charge in [-0.1, -0.05) is 48.5 Å². The van der Waals surface area contributed by atoms with Gasteiger partial charge in [0.1, 0.15) is 11.3 Å². The molecule has 5 aromatic rings. The van der Waals surface area contributed by atoms with Crippen molar-refractivity contribution < 1.29 is 9.59 Å². The molecule has 5 rings (SSSR count). The standard InChI is InChI=1S/C25H21N7O2/c26-23-20-12-29-31-22(20)21(13-28-23)30-24(33)25(34)32(15-18-9-3-4-11-27-18)14-17-8-5-7-16-6-1-2-10-19(16)17/h1-13H,14-15H2,(H2,26,28)(H,29,31)(H,30,33). The van der Waals surface area contributed by atoms with Crippen molar-refractivity contribution in [3.05, 3.63) is 90.5 Å². The van der Waals surface area contributed by atoms with Crippen LogP contribution in [0.5, 0.6) is 0 Å². The number of nitrogens with one attached hydrogen (secondary N) is 2. The first-order valence-electron chi connectivity index (χ1n) is 10.6. The molecule has 34 heavy (non-hydrogen) atoms. The highest BCUT2D eigenvalue weighted by atomic mass is 16.2. The zero-order valence-corrected chi connectivity index (χ0v) is 18.1. The molecular formula is C25H21N7O2. The Bertz CT molecular complexity index is 1490. The molecule has 3 heterocycles. The van der Waals surface area contributed by atoms with Gasteiger partial charge in [0, 0.05) is 18.9 Å². The molecule has 0 spiro atoms. The van der Waals surface area contributed by atoms with Gasteiger partial charge in [0.15, 0.2) is 0 Å². The predicted octanol–water partition coefficient (Wildman–Crippen LogP) is 3.26. The number of carbonyl (C=O) groups excluding carboxylic acids is 2. The first-order chi connectivity index (χ1) is 16.6. The number of aromatic amines is 1. The van der Waals surface area contributed by atoms with E-state index in [1.54, 1.807) is 18.5 Å². The van der Waals surface area contributed by atoms with Gasteiger partial charge in [-0.25, -0.2) is 4.98 Å². The van der Waals surface area contributed by atoms with Crippen molar-refractivity contribution in [1.82, 2.24) is 25.1 Å². The van der Waals surface area contributed by atoms with Gasteiger partial charge in [-0.15, -0.1) is 0 Å². The molecule has 0 radical (unpaired) electrons. The van der Waals surface area contributed by atoms with E-state index in [0.29, 0.717) is 22.3 Å². The number of nitrogens with two attached hydrogens (primary N) is 1. The summed E-state index contributed by atoms with van der Waals surface area (Å²) in [7, 11) is 0. The summed E-state index contributed by atoms with van der Waals surface area (Å²) in [6.45, 7) is 0.413. The summed E-state index contributed by atoms with van der Waals surface area (Å²) in [5.41, 5.74) is 8.19. The molecule has 0 aliphatic rings. The van der Waals surface area contributed by atoms with E-state index in [0.717, 1.165) is 16.3 Å². The van der Waals surface area contributed by atoms with Crippen molar-refractivity contribution in [3.63, 3.8) is 0 Å². The molecule has 0 aliphatic carbocycles. The van der Waals surface area contributed by atoms with Gasteiger partial charge in [-0.3, -0.25) is 19.7 Å². The third-order valence-electron chi connectivity index (χ3n) is 5.55. The molecule has 0 fully saturated rings. The zero-order chi connectivity index (χ0) is 23.5. The smallest absolute Gasteiger partial charge is 0.314 e. The Labute approximate surface area is 194 Å². The molecule has 168 valence electrons. The van der Waals surface area contributed by atoms with Gasteiger partial charge >= 0.3 is 11.8 Å². The minimum Gasteiger partial charge on any atom is -0.383 e. The van der Waals surface area contributed by atoms with Crippen LogP contribution in [0.15, 0.2) is 79.3 Å². The van der Waals surface area contributed by atoms with Gasteiger partial charge in [0.2, 0.25) is 0 Å². The van der Waals surface area contributed by atoms with Crippen LogP contribution in [0.3, 0.4) is 0 Å². The highest BCUT2D eigenvalue weighted by Crippen LogP contribution is 2.24. The fraction of sp³-hybridized carbons (Fsp3) is 0.0800. The van der Waals surface area contributed by atoms with E-state index >= 15 is 0 Å². The average molecular weight is 451 g/mol. The summed E-state index contributed by atoms with van der Waals surface area (Å²) in [4.78, 5) is 36.3. The van der Waals surface area contributed by atoms with Crippen molar-refractivity contribution in [2.75, 3.05) is 11.1 Å². The van der Waals surface area contributed by atoms with E-state index in [4.69, 9.17) is 5.73 Å². The fourth-order valence-corrected chi connectivity index (χ4v) is 3.89. The molecule has 0 bridgehead atoms. The highest BCUT2D eigenvalue weighted by Gasteiger charge is 2.24. The number of nitrogens with zero attached hydrogens (tertiary/aromatic N) is 4. The molecule has 9 heteroatoms. The maximum absolute atomic E-state index is 13.3. The van der Waals surface area contributed by atoms with E-state index in [-0.39, 0.29) is 18.9 Å². The number of H-pyrrole nitrogens is 1. The van der Waals surface area contributed by atoms with Crippen LogP contribution in [0.25, 0.3) is 21.7 Å². The van der Waals surface area contributed by atoms with E-state index in [2.05, 4.69) is 25.5 Å². The number of fused-ring (bicyclic) bond motifs is 2. The predicted molar refractivity (Wildman–Crippen MR) is 129 cm³/mol. The lowest BCUT2D eigenvalue weighted by Crippen LogP contribution is -2.39. The number of aromatic nitrogens is 4. The van der Waals surface area contributed by atoms with Crippen molar-refractivity contribution in [3.8, 4) is 0 Å². The van der Waals surface area contributed by atoms with Crippen molar-refractivity contribution >= 4 is 45.0 Å². The van der Waals surface area contributed by atoms with E-state index in [1.807, 2.05) is 54.6 Å². The quantitative estimate of drug-likeness (QED) is 0.352. The molecule has 0 aliphatic heterocycles. The number of carbonyl (C=O) groups is 2. The van der Waals surface area contributed by atoms with E-state index in [1.165, 1.54) is 11.1 Å². The topological polar surface area (TPSA) is 130 Å². The van der Waals surface area contributed by atoms with Gasteiger partial charge in [0.05, 0.1) is 29.5 Å². The normalized spacial score (nSPS) is 10.9. The second kappa shape index (κ2) is 8.99. The zero-order valence-electron chi connectivity index (χ0n) is 18.1. The lowest BCUT2D eigenvalue weighted by atomic mass is 10.0. The maximum atomic E-state index is 13.3. The summed E-state index contributed by atoms with van der Waals surface area (Å²) in [5, 5.41) is 12.1.